The van der Waals surface area contributed by atoms with E-state index in [1.807, 2.05) is 4.98 Å². The number of aromatic nitrogens is 2. The van der Waals surface area contributed by atoms with Crippen LogP contribution in [-0.4, -0.2) is 9.72 Å². The van der Waals surface area contributed by atoms with Crippen LogP contribution in [0.3, 0.4) is 0 Å². The van der Waals surface area contributed by atoms with Gasteiger partial charge in [0.15, 0.2) is 0 Å². The molecule has 2 rings (SSSR count). The molecule has 0 amide bonds. The number of aromatic amines is 1. The second kappa shape index (κ2) is 3.30. The van der Waals surface area contributed by atoms with Crippen molar-refractivity contribution in [1.29, 1.82) is 0 Å². The van der Waals surface area contributed by atoms with Crippen molar-refractivity contribution in [3.8, 4) is 5.69 Å². The summed E-state index contributed by atoms with van der Waals surface area (Å²) in [6, 6.07) is 6.80. The molecule has 0 aliphatic heterocycles. The van der Waals surface area contributed by atoms with E-state index in [1.165, 1.54) is 0 Å². The van der Waals surface area contributed by atoms with E-state index in [2.05, 4.69) is 20.5 Å². The van der Waals surface area contributed by atoms with Crippen molar-refractivity contribution in [2.24, 2.45) is 0 Å². The Balaban J connectivity index is 2.60. The summed E-state index contributed by atoms with van der Waals surface area (Å²) in [5.41, 5.74) is -0.0890. The monoisotopic (exact) mass is 256 g/mol. The van der Waals surface area contributed by atoms with Gasteiger partial charge in [-0.1, -0.05) is 15.9 Å². The summed E-state index contributed by atoms with van der Waals surface area (Å²) in [6.07, 6.45) is 0. The lowest BCUT2D eigenvalue weighted by Crippen LogP contribution is -2.14. The smallest absolute Gasteiger partial charge is 0.312 e. The van der Waals surface area contributed by atoms with E-state index >= 15 is 0 Å². The summed E-state index contributed by atoms with van der Waals surface area (Å²) in [7, 11) is 0. The average Bonchev–Trinajstić information content (AvgIpc) is 2.47. The van der Waals surface area contributed by atoms with Gasteiger partial charge < -0.3 is 4.52 Å². The first-order valence-corrected chi connectivity index (χ1v) is 4.55. The van der Waals surface area contributed by atoms with E-state index in [9.17, 15) is 9.59 Å². The number of H-pyrrole nitrogens is 1. The summed E-state index contributed by atoms with van der Waals surface area (Å²) in [4.78, 5) is 23.8. The van der Waals surface area contributed by atoms with Crippen LogP contribution >= 0.6 is 15.9 Å². The first-order valence-electron chi connectivity index (χ1n) is 3.75. The predicted molar refractivity (Wildman–Crippen MR) is 52.6 cm³/mol. The zero-order valence-electron chi connectivity index (χ0n) is 6.86. The van der Waals surface area contributed by atoms with E-state index < -0.39 is 11.4 Å². The molecule has 0 aliphatic carbocycles. The summed E-state index contributed by atoms with van der Waals surface area (Å²) >= 11 is 3.25. The van der Waals surface area contributed by atoms with Crippen LogP contribution in [0.4, 0.5) is 0 Å². The van der Waals surface area contributed by atoms with E-state index in [4.69, 9.17) is 0 Å². The molecule has 1 aromatic heterocycles. The Hall–Kier alpha value is -1.56. The van der Waals surface area contributed by atoms with Gasteiger partial charge in [-0.15, -0.1) is 4.74 Å². The summed E-state index contributed by atoms with van der Waals surface area (Å²) < 4.78 is 6.40. The first kappa shape index (κ1) is 9.01. The number of halogens is 1. The Bertz CT molecular complexity index is 549. The van der Waals surface area contributed by atoms with Crippen molar-refractivity contribution in [2.75, 3.05) is 0 Å². The maximum absolute atomic E-state index is 11.1. The van der Waals surface area contributed by atoms with Crippen molar-refractivity contribution >= 4 is 15.9 Å². The SMILES string of the molecule is O=c1[nH]c(=O)n(-c2ccc(Br)cc2)o1. The Kier molecular flexibility index (Phi) is 2.12. The van der Waals surface area contributed by atoms with Crippen LogP contribution in [-0.2, 0) is 0 Å². The number of nitrogens with zero attached hydrogens (tertiary/aromatic N) is 1. The zero-order chi connectivity index (χ0) is 10.1. The molecule has 0 saturated heterocycles. The molecule has 1 N–H and O–H groups in total. The largest absolute Gasteiger partial charge is 0.440 e. The minimum atomic E-state index is -0.766. The fourth-order valence-electron chi connectivity index (χ4n) is 1.03. The van der Waals surface area contributed by atoms with Crippen LogP contribution in [0.1, 0.15) is 0 Å². The third-order valence-electron chi connectivity index (χ3n) is 1.63. The Morgan fingerprint density at radius 1 is 1.21 bits per heavy atom. The summed E-state index contributed by atoms with van der Waals surface area (Å²) in [5, 5.41) is 0. The zero-order valence-corrected chi connectivity index (χ0v) is 8.45. The summed E-state index contributed by atoms with van der Waals surface area (Å²) in [5.74, 6) is -0.766. The number of benzene rings is 1. The second-order valence-corrected chi connectivity index (χ2v) is 3.50. The standard InChI is InChI=1S/C8H5BrN2O3/c9-5-1-3-6(4-2-5)11-7(12)10-8(13)14-11/h1-4H,(H,10,12,13). The third-order valence-corrected chi connectivity index (χ3v) is 2.16. The van der Waals surface area contributed by atoms with Crippen LogP contribution in [0.15, 0.2) is 42.9 Å². The highest BCUT2D eigenvalue weighted by atomic mass is 79.9. The third kappa shape index (κ3) is 1.56. The van der Waals surface area contributed by atoms with E-state index in [1.54, 1.807) is 24.3 Å². The van der Waals surface area contributed by atoms with E-state index in [0.717, 1.165) is 9.21 Å². The molecule has 2 aromatic rings. The van der Waals surface area contributed by atoms with E-state index in [-0.39, 0.29) is 0 Å². The molecule has 1 heterocycles. The van der Waals surface area contributed by atoms with Gasteiger partial charge in [0.1, 0.15) is 0 Å². The quantitative estimate of drug-likeness (QED) is 0.824. The Labute approximate surface area is 86.1 Å². The normalized spacial score (nSPS) is 10.4. The van der Waals surface area contributed by atoms with Crippen molar-refractivity contribution in [3.05, 3.63) is 49.8 Å². The molecule has 0 atom stereocenters. The van der Waals surface area contributed by atoms with Gasteiger partial charge >= 0.3 is 11.4 Å². The molecule has 0 saturated carbocycles. The number of nitrogens with one attached hydrogen (secondary N) is 1. The lowest BCUT2D eigenvalue weighted by atomic mass is 10.3. The average molecular weight is 257 g/mol. The van der Waals surface area contributed by atoms with Crippen LogP contribution in [0, 0.1) is 0 Å². The van der Waals surface area contributed by atoms with Gasteiger partial charge in [-0.3, -0.25) is 0 Å². The van der Waals surface area contributed by atoms with Gasteiger partial charge in [0, 0.05) is 4.47 Å². The molecular weight excluding hydrogens is 252 g/mol. The van der Waals surface area contributed by atoms with Gasteiger partial charge in [0.2, 0.25) is 0 Å². The lowest BCUT2D eigenvalue weighted by Gasteiger charge is -1.96. The van der Waals surface area contributed by atoms with Gasteiger partial charge in [-0.2, -0.15) is 0 Å². The topological polar surface area (TPSA) is 68.0 Å². The Morgan fingerprint density at radius 2 is 1.86 bits per heavy atom. The first-order chi connectivity index (χ1) is 6.66. The number of hydrogen-bond acceptors (Lipinski definition) is 3. The molecule has 0 unspecified atom stereocenters. The van der Waals surface area contributed by atoms with E-state index in [0.29, 0.717) is 5.69 Å². The molecule has 0 aliphatic rings. The van der Waals surface area contributed by atoms with Gasteiger partial charge in [0.25, 0.3) is 0 Å². The van der Waals surface area contributed by atoms with Gasteiger partial charge in [0.05, 0.1) is 5.69 Å². The van der Waals surface area contributed by atoms with Crippen LogP contribution in [0.2, 0.25) is 0 Å². The maximum Gasteiger partial charge on any atom is 0.440 e. The number of hydrogen-bond donors (Lipinski definition) is 1. The lowest BCUT2D eigenvalue weighted by molar-refractivity contribution is 0.315. The molecular formula is C8H5BrN2O3. The molecule has 5 nitrogen and oxygen atoms in total. The molecule has 6 heteroatoms. The van der Waals surface area contributed by atoms with Crippen molar-refractivity contribution in [2.45, 2.75) is 0 Å². The molecule has 0 fully saturated rings. The van der Waals surface area contributed by atoms with Crippen LogP contribution < -0.4 is 11.4 Å². The molecule has 1 aromatic carbocycles. The molecule has 0 radical (unpaired) electrons. The fourth-order valence-corrected chi connectivity index (χ4v) is 1.30. The maximum atomic E-state index is 11.1. The minimum Gasteiger partial charge on any atom is -0.312 e. The second-order valence-electron chi connectivity index (χ2n) is 2.58. The molecule has 0 spiro atoms. The van der Waals surface area contributed by atoms with Gasteiger partial charge in [-0.05, 0) is 24.3 Å². The number of rotatable bonds is 1. The highest BCUT2D eigenvalue weighted by Crippen LogP contribution is 2.11. The van der Waals surface area contributed by atoms with Crippen LogP contribution in [0.25, 0.3) is 5.69 Å². The van der Waals surface area contributed by atoms with Crippen molar-refractivity contribution < 1.29 is 4.52 Å². The fraction of sp³-hybridized carbons (Fsp3) is 0. The van der Waals surface area contributed by atoms with Crippen LogP contribution in [0.5, 0.6) is 0 Å². The minimum absolute atomic E-state index is 0.497. The highest BCUT2D eigenvalue weighted by molar-refractivity contribution is 9.10. The highest BCUT2D eigenvalue weighted by Gasteiger charge is 2.04. The molecule has 14 heavy (non-hydrogen) atoms. The Morgan fingerprint density at radius 3 is 2.36 bits per heavy atom. The van der Waals surface area contributed by atoms with Crippen molar-refractivity contribution in [3.63, 3.8) is 0 Å². The summed E-state index contributed by atoms with van der Waals surface area (Å²) in [6.45, 7) is 0. The van der Waals surface area contributed by atoms with Crippen molar-refractivity contribution in [1.82, 2.24) is 9.72 Å². The molecule has 72 valence electrons. The molecule has 0 bridgehead atoms. The van der Waals surface area contributed by atoms with Gasteiger partial charge in [-0.25, -0.2) is 14.6 Å². The predicted octanol–water partition coefficient (Wildman–Crippen LogP) is 0.881.